The minimum atomic E-state index is 0.877. The highest BCUT2D eigenvalue weighted by Gasteiger charge is 2.08. The fraction of sp³-hybridized carbons (Fsp3) is 0.273. The average Bonchev–Trinajstić information content (AvgIpc) is 2.74. The van der Waals surface area contributed by atoms with Gasteiger partial charge in [0.25, 0.3) is 0 Å². The van der Waals surface area contributed by atoms with Gasteiger partial charge in [0, 0.05) is 12.1 Å². The zero-order chi connectivity index (χ0) is 10.7. The van der Waals surface area contributed by atoms with Gasteiger partial charge in [-0.05, 0) is 25.3 Å². The summed E-state index contributed by atoms with van der Waals surface area (Å²) in [4.78, 5) is 9.73. The Morgan fingerprint density at radius 2 is 2.27 bits per heavy atom. The number of nitrogens with one attached hydrogen (secondary N) is 1. The van der Waals surface area contributed by atoms with Crippen LogP contribution in [0.1, 0.15) is 12.5 Å². The van der Waals surface area contributed by atoms with Crippen LogP contribution in [0.3, 0.4) is 0 Å². The quantitative estimate of drug-likeness (QED) is 0.862. The lowest BCUT2D eigenvalue weighted by molar-refractivity contribution is 1.09. The van der Waals surface area contributed by atoms with Crippen molar-refractivity contribution < 1.29 is 0 Å². The van der Waals surface area contributed by atoms with Crippen molar-refractivity contribution in [1.82, 2.24) is 9.97 Å². The van der Waals surface area contributed by atoms with Gasteiger partial charge in [0.15, 0.2) is 0 Å². The van der Waals surface area contributed by atoms with E-state index in [2.05, 4.69) is 33.7 Å². The van der Waals surface area contributed by atoms with Gasteiger partial charge in [-0.25, -0.2) is 9.97 Å². The third-order valence-electron chi connectivity index (χ3n) is 2.18. The minimum Gasteiger partial charge on any atom is -0.370 e. The molecule has 0 unspecified atom stereocenters. The molecule has 2 aromatic rings. The summed E-state index contributed by atoms with van der Waals surface area (Å²) in [6.07, 6.45) is 1.61. The molecule has 4 heteroatoms. The smallest absolute Gasteiger partial charge is 0.132 e. The second-order valence-electron chi connectivity index (χ2n) is 3.20. The molecular weight excluding hydrogens is 206 g/mol. The molecule has 15 heavy (non-hydrogen) atoms. The van der Waals surface area contributed by atoms with Gasteiger partial charge in [0.1, 0.15) is 12.1 Å². The van der Waals surface area contributed by atoms with Crippen LogP contribution in [0.25, 0.3) is 10.6 Å². The maximum Gasteiger partial charge on any atom is 0.132 e. The molecule has 0 spiro atoms. The summed E-state index contributed by atoms with van der Waals surface area (Å²) in [5, 5.41) is 5.29. The van der Waals surface area contributed by atoms with E-state index in [1.54, 1.807) is 17.7 Å². The molecule has 2 rings (SSSR count). The first-order valence-corrected chi connectivity index (χ1v) is 5.80. The van der Waals surface area contributed by atoms with E-state index in [-0.39, 0.29) is 0 Å². The highest BCUT2D eigenvalue weighted by Crippen LogP contribution is 2.27. The van der Waals surface area contributed by atoms with Crippen LogP contribution in [-0.4, -0.2) is 16.5 Å². The molecular formula is C11H13N3S. The van der Waals surface area contributed by atoms with E-state index in [1.165, 1.54) is 4.88 Å². The minimum absolute atomic E-state index is 0.877. The van der Waals surface area contributed by atoms with E-state index in [4.69, 9.17) is 0 Å². The van der Waals surface area contributed by atoms with Crippen molar-refractivity contribution in [3.8, 4) is 10.6 Å². The van der Waals surface area contributed by atoms with Gasteiger partial charge in [-0.3, -0.25) is 0 Å². The largest absolute Gasteiger partial charge is 0.370 e. The topological polar surface area (TPSA) is 37.8 Å². The summed E-state index contributed by atoms with van der Waals surface area (Å²) in [6.45, 7) is 4.99. The van der Waals surface area contributed by atoms with Crippen LogP contribution >= 0.6 is 11.3 Å². The van der Waals surface area contributed by atoms with Crippen LogP contribution in [-0.2, 0) is 0 Å². The fourth-order valence-corrected chi connectivity index (χ4v) is 2.24. The lowest BCUT2D eigenvalue weighted by Crippen LogP contribution is -2.03. The lowest BCUT2D eigenvalue weighted by Gasteiger charge is -2.08. The van der Waals surface area contributed by atoms with Crippen molar-refractivity contribution in [3.05, 3.63) is 29.4 Å². The summed E-state index contributed by atoms with van der Waals surface area (Å²) in [5.74, 6) is 0.927. The predicted octanol–water partition coefficient (Wildman–Crippen LogP) is 2.95. The molecule has 78 valence electrons. The van der Waals surface area contributed by atoms with Crippen LogP contribution in [0, 0.1) is 6.92 Å². The second-order valence-corrected chi connectivity index (χ2v) is 4.15. The number of hydrogen-bond acceptors (Lipinski definition) is 4. The molecule has 0 aromatic carbocycles. The number of nitrogens with zero attached hydrogens (tertiary/aromatic N) is 2. The van der Waals surface area contributed by atoms with Crippen molar-refractivity contribution in [2.75, 3.05) is 11.9 Å². The number of hydrogen-bond donors (Lipinski definition) is 1. The number of aromatic nitrogens is 2. The van der Waals surface area contributed by atoms with E-state index < -0.39 is 0 Å². The molecule has 0 amide bonds. The van der Waals surface area contributed by atoms with Crippen LogP contribution in [0.2, 0.25) is 0 Å². The van der Waals surface area contributed by atoms with E-state index in [0.717, 1.165) is 23.6 Å². The van der Waals surface area contributed by atoms with E-state index >= 15 is 0 Å². The molecule has 0 aliphatic rings. The van der Waals surface area contributed by atoms with Gasteiger partial charge in [-0.2, -0.15) is 0 Å². The summed E-state index contributed by atoms with van der Waals surface area (Å²) < 4.78 is 0. The van der Waals surface area contributed by atoms with Crippen LogP contribution in [0.4, 0.5) is 5.82 Å². The molecule has 2 heterocycles. The highest BCUT2D eigenvalue weighted by molar-refractivity contribution is 7.13. The Balaban J connectivity index is 2.45. The first-order valence-electron chi connectivity index (χ1n) is 4.92. The molecule has 0 aliphatic carbocycles. The van der Waals surface area contributed by atoms with Crippen LogP contribution in [0.5, 0.6) is 0 Å². The van der Waals surface area contributed by atoms with Crippen molar-refractivity contribution in [2.45, 2.75) is 13.8 Å². The third kappa shape index (κ3) is 1.99. The van der Waals surface area contributed by atoms with Crippen molar-refractivity contribution >= 4 is 17.2 Å². The molecule has 1 N–H and O–H groups in total. The molecule has 0 bridgehead atoms. The first kappa shape index (κ1) is 10.1. The zero-order valence-corrected chi connectivity index (χ0v) is 9.64. The second kappa shape index (κ2) is 4.40. The maximum atomic E-state index is 4.32. The Kier molecular flexibility index (Phi) is 2.97. The number of anilines is 1. The van der Waals surface area contributed by atoms with Gasteiger partial charge in [0.05, 0.1) is 10.6 Å². The molecule has 2 aromatic heterocycles. The zero-order valence-electron chi connectivity index (χ0n) is 8.82. The Labute approximate surface area is 93.2 Å². The van der Waals surface area contributed by atoms with Crippen LogP contribution in [0.15, 0.2) is 23.8 Å². The Hall–Kier alpha value is -1.42. The van der Waals surface area contributed by atoms with E-state index in [0.29, 0.717) is 0 Å². The number of thiophene rings is 1. The van der Waals surface area contributed by atoms with Gasteiger partial charge in [-0.15, -0.1) is 11.3 Å². The summed E-state index contributed by atoms with van der Waals surface area (Å²) in [7, 11) is 0. The Bertz CT molecular complexity index is 437. The summed E-state index contributed by atoms with van der Waals surface area (Å²) in [6, 6.07) is 4.12. The maximum absolute atomic E-state index is 4.32. The van der Waals surface area contributed by atoms with Gasteiger partial charge < -0.3 is 5.32 Å². The SMILES string of the molecule is CCNc1ncnc(-c2cccs2)c1C. The van der Waals surface area contributed by atoms with Crippen molar-refractivity contribution in [1.29, 1.82) is 0 Å². The Morgan fingerprint density at radius 3 is 2.93 bits per heavy atom. The molecule has 0 radical (unpaired) electrons. The molecule has 3 nitrogen and oxygen atoms in total. The highest BCUT2D eigenvalue weighted by atomic mass is 32.1. The van der Waals surface area contributed by atoms with E-state index in [9.17, 15) is 0 Å². The molecule has 0 aliphatic heterocycles. The predicted molar refractivity (Wildman–Crippen MR) is 64.2 cm³/mol. The van der Waals surface area contributed by atoms with Gasteiger partial charge >= 0.3 is 0 Å². The first-order chi connectivity index (χ1) is 7.33. The molecule has 0 saturated heterocycles. The van der Waals surface area contributed by atoms with Crippen molar-refractivity contribution in [2.24, 2.45) is 0 Å². The summed E-state index contributed by atoms with van der Waals surface area (Å²) >= 11 is 1.70. The molecule has 0 atom stereocenters. The molecule has 0 fully saturated rings. The lowest BCUT2D eigenvalue weighted by atomic mass is 10.2. The Morgan fingerprint density at radius 1 is 1.40 bits per heavy atom. The standard InChI is InChI=1S/C11H13N3S/c1-3-12-11-8(2)10(13-7-14-11)9-5-4-6-15-9/h4-7H,3H2,1-2H3,(H,12,13,14). The summed E-state index contributed by atoms with van der Waals surface area (Å²) in [5.41, 5.74) is 2.14. The average molecular weight is 219 g/mol. The van der Waals surface area contributed by atoms with Crippen molar-refractivity contribution in [3.63, 3.8) is 0 Å². The number of rotatable bonds is 3. The monoisotopic (exact) mass is 219 g/mol. The molecule has 0 saturated carbocycles. The third-order valence-corrected chi connectivity index (χ3v) is 3.06. The van der Waals surface area contributed by atoms with Crippen LogP contribution < -0.4 is 5.32 Å². The van der Waals surface area contributed by atoms with Gasteiger partial charge in [0.2, 0.25) is 0 Å². The fourth-order valence-electron chi connectivity index (χ4n) is 1.46. The van der Waals surface area contributed by atoms with E-state index in [1.807, 2.05) is 13.0 Å². The normalized spacial score (nSPS) is 10.3. The van der Waals surface area contributed by atoms with Gasteiger partial charge in [-0.1, -0.05) is 6.07 Å².